The second-order valence-electron chi connectivity index (χ2n) is 4.55. The van der Waals surface area contributed by atoms with Gasteiger partial charge in [0.25, 0.3) is 5.91 Å². The first-order chi connectivity index (χ1) is 10.7. The molecule has 8 heteroatoms. The fourth-order valence-electron chi connectivity index (χ4n) is 1.92. The molecule has 0 aliphatic rings. The molecule has 0 aliphatic carbocycles. The highest BCUT2D eigenvalue weighted by Crippen LogP contribution is 2.15. The zero-order valence-electron chi connectivity index (χ0n) is 11.5. The summed E-state index contributed by atoms with van der Waals surface area (Å²) < 4.78 is 7.29. The summed E-state index contributed by atoms with van der Waals surface area (Å²) in [7, 11) is 0. The molecule has 3 aromatic rings. The van der Waals surface area contributed by atoms with Gasteiger partial charge >= 0.3 is 0 Å². The standard InChI is InChI=1S/C14H13ClN4O2S/c15-10-1-3-12(4-2-10)21-7-13(20)16-6-5-11-8-22-14-18-17-9-19(11)14/h1-4,8-9H,5-7H2,(H,16,20). The second kappa shape index (κ2) is 6.76. The molecule has 1 amide bonds. The van der Waals surface area contributed by atoms with Crippen LogP contribution >= 0.6 is 22.9 Å². The topological polar surface area (TPSA) is 68.5 Å². The first-order valence-electron chi connectivity index (χ1n) is 6.63. The molecule has 114 valence electrons. The minimum absolute atomic E-state index is 0.0205. The van der Waals surface area contributed by atoms with E-state index in [0.29, 0.717) is 23.7 Å². The zero-order valence-corrected chi connectivity index (χ0v) is 13.1. The van der Waals surface area contributed by atoms with Crippen LogP contribution in [0.15, 0.2) is 36.0 Å². The number of hydrogen-bond acceptors (Lipinski definition) is 5. The lowest BCUT2D eigenvalue weighted by Crippen LogP contribution is -2.30. The van der Waals surface area contributed by atoms with Gasteiger partial charge in [-0.15, -0.1) is 21.5 Å². The quantitative estimate of drug-likeness (QED) is 0.749. The van der Waals surface area contributed by atoms with E-state index in [2.05, 4.69) is 15.5 Å². The predicted octanol–water partition coefficient (Wildman–Crippen LogP) is 2.18. The number of thiazole rings is 1. The van der Waals surface area contributed by atoms with Gasteiger partial charge in [0.2, 0.25) is 4.96 Å². The van der Waals surface area contributed by atoms with Crippen molar-refractivity contribution < 1.29 is 9.53 Å². The average molecular weight is 337 g/mol. The van der Waals surface area contributed by atoms with Crippen molar-refractivity contribution >= 4 is 33.8 Å². The first kappa shape index (κ1) is 14.8. The van der Waals surface area contributed by atoms with Crippen LogP contribution in [0.5, 0.6) is 5.75 Å². The Morgan fingerprint density at radius 3 is 3.00 bits per heavy atom. The maximum atomic E-state index is 11.7. The average Bonchev–Trinajstić information content (AvgIpc) is 3.11. The highest BCUT2D eigenvalue weighted by molar-refractivity contribution is 7.15. The molecule has 0 aliphatic heterocycles. The lowest BCUT2D eigenvalue weighted by molar-refractivity contribution is -0.123. The van der Waals surface area contributed by atoms with Gasteiger partial charge in [-0.1, -0.05) is 11.6 Å². The summed E-state index contributed by atoms with van der Waals surface area (Å²) in [5.41, 5.74) is 1.07. The number of halogens is 1. The molecule has 0 spiro atoms. The van der Waals surface area contributed by atoms with Crippen molar-refractivity contribution in [2.24, 2.45) is 0 Å². The molecule has 0 fully saturated rings. The highest BCUT2D eigenvalue weighted by Gasteiger charge is 2.06. The van der Waals surface area contributed by atoms with E-state index in [9.17, 15) is 4.79 Å². The van der Waals surface area contributed by atoms with Crippen molar-refractivity contribution in [3.8, 4) is 5.75 Å². The number of nitrogens with one attached hydrogen (secondary N) is 1. The van der Waals surface area contributed by atoms with Crippen molar-refractivity contribution in [1.29, 1.82) is 0 Å². The van der Waals surface area contributed by atoms with Crippen molar-refractivity contribution in [3.63, 3.8) is 0 Å². The van der Waals surface area contributed by atoms with Crippen molar-refractivity contribution in [2.75, 3.05) is 13.2 Å². The molecule has 0 saturated heterocycles. The summed E-state index contributed by atoms with van der Waals surface area (Å²) in [4.78, 5) is 12.6. The number of nitrogens with zero attached hydrogens (tertiary/aromatic N) is 3. The fraction of sp³-hybridized carbons (Fsp3) is 0.214. The molecule has 0 saturated carbocycles. The molecule has 6 nitrogen and oxygen atoms in total. The normalized spacial score (nSPS) is 10.8. The smallest absolute Gasteiger partial charge is 0.257 e. The van der Waals surface area contributed by atoms with Crippen molar-refractivity contribution in [2.45, 2.75) is 6.42 Å². The predicted molar refractivity (Wildman–Crippen MR) is 84.5 cm³/mol. The number of ether oxygens (including phenoxy) is 1. The summed E-state index contributed by atoms with van der Waals surface area (Å²) in [5.74, 6) is 0.453. The molecule has 0 bridgehead atoms. The van der Waals surface area contributed by atoms with E-state index in [4.69, 9.17) is 16.3 Å². The highest BCUT2D eigenvalue weighted by atomic mass is 35.5. The second-order valence-corrected chi connectivity index (χ2v) is 5.83. The molecular formula is C14H13ClN4O2S. The number of carbonyl (C=O) groups is 1. The van der Waals surface area contributed by atoms with Gasteiger partial charge in [-0.05, 0) is 24.3 Å². The minimum Gasteiger partial charge on any atom is -0.484 e. The van der Waals surface area contributed by atoms with E-state index in [1.165, 1.54) is 11.3 Å². The van der Waals surface area contributed by atoms with E-state index in [0.717, 1.165) is 10.7 Å². The van der Waals surface area contributed by atoms with Crippen LogP contribution in [0.1, 0.15) is 5.69 Å². The van der Waals surface area contributed by atoms with Crippen LogP contribution < -0.4 is 10.1 Å². The summed E-state index contributed by atoms with van der Waals surface area (Å²) in [6, 6.07) is 6.89. The number of benzene rings is 1. The van der Waals surface area contributed by atoms with Crippen LogP contribution in [-0.4, -0.2) is 33.7 Å². The lowest BCUT2D eigenvalue weighted by Gasteiger charge is -2.07. The Morgan fingerprint density at radius 1 is 1.36 bits per heavy atom. The number of carbonyl (C=O) groups excluding carboxylic acids is 1. The zero-order chi connectivity index (χ0) is 15.4. The van der Waals surface area contributed by atoms with Gasteiger partial charge in [0.05, 0.1) is 0 Å². The van der Waals surface area contributed by atoms with Crippen LogP contribution in [-0.2, 0) is 11.2 Å². The molecule has 22 heavy (non-hydrogen) atoms. The van der Waals surface area contributed by atoms with Crippen LogP contribution in [0.3, 0.4) is 0 Å². The largest absolute Gasteiger partial charge is 0.484 e. The summed E-state index contributed by atoms with van der Waals surface area (Å²) >= 11 is 7.31. The van der Waals surface area contributed by atoms with Crippen molar-refractivity contribution in [3.05, 3.63) is 46.7 Å². The third-order valence-corrected chi connectivity index (χ3v) is 4.14. The van der Waals surface area contributed by atoms with E-state index in [-0.39, 0.29) is 12.5 Å². The monoisotopic (exact) mass is 336 g/mol. The molecule has 1 aromatic carbocycles. The number of rotatable bonds is 6. The van der Waals surface area contributed by atoms with Crippen LogP contribution in [0, 0.1) is 0 Å². The van der Waals surface area contributed by atoms with Gasteiger partial charge in [-0.25, -0.2) is 0 Å². The van der Waals surface area contributed by atoms with Gasteiger partial charge in [-0.3, -0.25) is 9.20 Å². The molecule has 2 aromatic heterocycles. The third-order valence-electron chi connectivity index (χ3n) is 3.01. The number of fused-ring (bicyclic) bond motifs is 1. The Kier molecular flexibility index (Phi) is 4.55. The first-order valence-corrected chi connectivity index (χ1v) is 7.89. The van der Waals surface area contributed by atoms with Crippen LogP contribution in [0.2, 0.25) is 5.02 Å². The molecule has 1 N–H and O–H groups in total. The number of amides is 1. The van der Waals surface area contributed by atoms with Crippen molar-refractivity contribution in [1.82, 2.24) is 19.9 Å². The van der Waals surface area contributed by atoms with E-state index >= 15 is 0 Å². The Bertz CT molecular complexity index is 769. The Balaban J connectivity index is 1.42. The fourth-order valence-corrected chi connectivity index (χ4v) is 2.89. The molecule has 0 unspecified atom stereocenters. The van der Waals surface area contributed by atoms with Gasteiger partial charge in [0, 0.05) is 29.1 Å². The SMILES string of the molecule is O=C(COc1ccc(Cl)cc1)NCCc1csc2nncn12. The lowest BCUT2D eigenvalue weighted by atomic mass is 10.3. The molecule has 2 heterocycles. The minimum atomic E-state index is -0.162. The molecule has 0 radical (unpaired) electrons. The van der Waals surface area contributed by atoms with Gasteiger partial charge in [0.15, 0.2) is 6.61 Å². The van der Waals surface area contributed by atoms with E-state index in [1.807, 2.05) is 9.78 Å². The third kappa shape index (κ3) is 3.55. The maximum absolute atomic E-state index is 11.7. The Morgan fingerprint density at radius 2 is 2.18 bits per heavy atom. The summed E-state index contributed by atoms with van der Waals surface area (Å²) in [6.45, 7) is 0.514. The maximum Gasteiger partial charge on any atom is 0.257 e. The van der Waals surface area contributed by atoms with Gasteiger partial charge in [-0.2, -0.15) is 0 Å². The number of hydrogen-bond donors (Lipinski definition) is 1. The van der Waals surface area contributed by atoms with E-state index in [1.54, 1.807) is 30.6 Å². The Labute approximate surface area is 135 Å². The van der Waals surface area contributed by atoms with Crippen LogP contribution in [0.4, 0.5) is 0 Å². The molecular weight excluding hydrogens is 324 g/mol. The summed E-state index contributed by atoms with van der Waals surface area (Å²) in [6.07, 6.45) is 2.39. The van der Waals surface area contributed by atoms with Crippen LogP contribution in [0.25, 0.3) is 4.96 Å². The van der Waals surface area contributed by atoms with Gasteiger partial charge < -0.3 is 10.1 Å². The number of aromatic nitrogens is 3. The Hall–Kier alpha value is -2.12. The summed E-state index contributed by atoms with van der Waals surface area (Å²) in [5, 5.41) is 13.3. The van der Waals surface area contributed by atoms with E-state index < -0.39 is 0 Å². The molecule has 3 rings (SSSR count). The molecule has 0 atom stereocenters. The van der Waals surface area contributed by atoms with Gasteiger partial charge in [0.1, 0.15) is 12.1 Å².